The van der Waals surface area contributed by atoms with Crippen LogP contribution in [0, 0.1) is 11.7 Å². The van der Waals surface area contributed by atoms with Crippen LogP contribution in [0.1, 0.15) is 24.8 Å². The summed E-state index contributed by atoms with van der Waals surface area (Å²) in [6.07, 6.45) is 2.89. The van der Waals surface area contributed by atoms with Crippen LogP contribution in [0.2, 0.25) is 0 Å². The van der Waals surface area contributed by atoms with Crippen molar-refractivity contribution < 1.29 is 9.18 Å². The Morgan fingerprint density at radius 3 is 2.87 bits per heavy atom. The number of carbonyl (C=O) groups is 1. The first kappa shape index (κ1) is 10.8. The maximum absolute atomic E-state index is 13.5. The Hall–Kier alpha value is -0.700. The molecular weight excluding hydrogens is 259 g/mol. The van der Waals surface area contributed by atoms with Gasteiger partial charge in [0.2, 0.25) is 0 Å². The van der Waals surface area contributed by atoms with E-state index in [0.717, 1.165) is 16.5 Å². The Bertz CT molecular complexity index is 389. The van der Waals surface area contributed by atoms with Gasteiger partial charge in [0.05, 0.1) is 0 Å². The zero-order valence-electron chi connectivity index (χ0n) is 8.30. The minimum absolute atomic E-state index is 0.177. The summed E-state index contributed by atoms with van der Waals surface area (Å²) in [5, 5.41) is 0. The fraction of sp³-hybridized carbons (Fsp3) is 0.417. The Balaban J connectivity index is 2.07. The van der Waals surface area contributed by atoms with Crippen LogP contribution in [0.5, 0.6) is 0 Å². The largest absolute Gasteiger partial charge is 0.300 e. The van der Waals surface area contributed by atoms with Crippen LogP contribution in [0.3, 0.4) is 0 Å². The molecule has 3 heteroatoms. The van der Waals surface area contributed by atoms with Crippen LogP contribution in [0.4, 0.5) is 4.39 Å². The van der Waals surface area contributed by atoms with Gasteiger partial charge in [-0.15, -0.1) is 0 Å². The SMILES string of the molecule is O=C1CCC(Cc2ccc(Br)cc2F)C1. The van der Waals surface area contributed by atoms with Gasteiger partial charge in [-0.25, -0.2) is 4.39 Å². The van der Waals surface area contributed by atoms with Gasteiger partial charge in [-0.05, 0) is 36.5 Å². The van der Waals surface area contributed by atoms with Crippen molar-refractivity contribution in [2.45, 2.75) is 25.7 Å². The van der Waals surface area contributed by atoms with Gasteiger partial charge in [-0.1, -0.05) is 22.0 Å². The van der Waals surface area contributed by atoms with Gasteiger partial charge < -0.3 is 0 Å². The molecule has 1 aliphatic rings. The molecule has 0 aliphatic heterocycles. The Morgan fingerprint density at radius 2 is 2.27 bits per heavy atom. The quantitative estimate of drug-likeness (QED) is 0.804. The molecular formula is C12H12BrFO. The van der Waals surface area contributed by atoms with Crippen LogP contribution in [0.15, 0.2) is 22.7 Å². The maximum Gasteiger partial charge on any atom is 0.133 e. The first-order valence-corrected chi connectivity index (χ1v) is 5.90. The minimum atomic E-state index is -0.177. The molecule has 80 valence electrons. The van der Waals surface area contributed by atoms with Gasteiger partial charge in [0.15, 0.2) is 0 Å². The van der Waals surface area contributed by atoms with Crippen LogP contribution < -0.4 is 0 Å². The van der Waals surface area contributed by atoms with E-state index in [1.54, 1.807) is 6.07 Å². The zero-order chi connectivity index (χ0) is 10.8. The molecule has 1 aliphatic carbocycles. The van der Waals surface area contributed by atoms with E-state index in [1.165, 1.54) is 6.07 Å². The van der Waals surface area contributed by atoms with Gasteiger partial charge in [0.1, 0.15) is 11.6 Å². The van der Waals surface area contributed by atoms with Crippen LogP contribution in [-0.4, -0.2) is 5.78 Å². The molecule has 15 heavy (non-hydrogen) atoms. The third kappa shape index (κ3) is 2.65. The monoisotopic (exact) mass is 270 g/mol. The van der Waals surface area contributed by atoms with E-state index in [0.29, 0.717) is 31.0 Å². The van der Waals surface area contributed by atoms with E-state index in [1.807, 2.05) is 6.07 Å². The molecule has 1 unspecified atom stereocenters. The molecule has 0 amide bonds. The third-order valence-corrected chi connectivity index (χ3v) is 3.36. The lowest BCUT2D eigenvalue weighted by atomic mass is 9.98. The van der Waals surface area contributed by atoms with E-state index in [4.69, 9.17) is 0 Å². The number of benzene rings is 1. The number of hydrogen-bond donors (Lipinski definition) is 0. The average molecular weight is 271 g/mol. The predicted molar refractivity (Wildman–Crippen MR) is 60.2 cm³/mol. The zero-order valence-corrected chi connectivity index (χ0v) is 9.89. The van der Waals surface area contributed by atoms with E-state index in [-0.39, 0.29) is 5.82 Å². The lowest BCUT2D eigenvalue weighted by molar-refractivity contribution is -0.117. The highest BCUT2D eigenvalue weighted by atomic mass is 79.9. The molecule has 0 radical (unpaired) electrons. The molecule has 1 fully saturated rings. The lowest BCUT2D eigenvalue weighted by Crippen LogP contribution is -2.02. The second kappa shape index (κ2) is 4.44. The van der Waals surface area contributed by atoms with Gasteiger partial charge >= 0.3 is 0 Å². The normalized spacial score (nSPS) is 20.9. The van der Waals surface area contributed by atoms with Crippen LogP contribution in [0.25, 0.3) is 0 Å². The fourth-order valence-corrected chi connectivity index (χ4v) is 2.40. The summed E-state index contributed by atoms with van der Waals surface area (Å²) in [5.41, 5.74) is 0.720. The molecule has 0 bridgehead atoms. The van der Waals surface area contributed by atoms with Crippen LogP contribution in [-0.2, 0) is 11.2 Å². The third-order valence-electron chi connectivity index (χ3n) is 2.87. The first-order valence-electron chi connectivity index (χ1n) is 5.11. The van der Waals surface area contributed by atoms with Gasteiger partial charge in [-0.2, -0.15) is 0 Å². The number of rotatable bonds is 2. The molecule has 0 aromatic heterocycles. The summed E-state index contributed by atoms with van der Waals surface area (Å²) in [5.74, 6) is 0.481. The molecule has 0 spiro atoms. The molecule has 1 aromatic rings. The predicted octanol–water partition coefficient (Wildman–Crippen LogP) is 3.50. The lowest BCUT2D eigenvalue weighted by Gasteiger charge is -2.08. The summed E-state index contributed by atoms with van der Waals surface area (Å²) in [6, 6.07) is 5.11. The second-order valence-corrected chi connectivity index (χ2v) is 5.00. The number of halogens is 2. The summed E-state index contributed by atoms with van der Waals surface area (Å²) in [4.78, 5) is 11.1. The summed E-state index contributed by atoms with van der Waals surface area (Å²) < 4.78 is 14.2. The van der Waals surface area contributed by atoms with Crippen molar-refractivity contribution in [3.63, 3.8) is 0 Å². The molecule has 1 aromatic carbocycles. The minimum Gasteiger partial charge on any atom is -0.300 e. The van der Waals surface area contributed by atoms with Crippen molar-refractivity contribution in [2.24, 2.45) is 5.92 Å². The average Bonchev–Trinajstić information content (AvgIpc) is 2.56. The molecule has 0 N–H and O–H groups in total. The number of hydrogen-bond acceptors (Lipinski definition) is 1. The standard InChI is InChI=1S/C12H12BrFO/c13-10-3-2-9(12(14)7-10)5-8-1-4-11(15)6-8/h2-3,7-8H,1,4-6H2. The summed E-state index contributed by atoms with van der Waals surface area (Å²) in [6.45, 7) is 0. The topological polar surface area (TPSA) is 17.1 Å². The van der Waals surface area contributed by atoms with Crippen molar-refractivity contribution in [1.82, 2.24) is 0 Å². The summed E-state index contributed by atoms with van der Waals surface area (Å²) in [7, 11) is 0. The van der Waals surface area contributed by atoms with Gasteiger partial charge in [0.25, 0.3) is 0 Å². The van der Waals surface area contributed by atoms with Crippen molar-refractivity contribution in [1.29, 1.82) is 0 Å². The Morgan fingerprint density at radius 1 is 1.47 bits per heavy atom. The number of ketones is 1. The molecule has 2 rings (SSSR count). The molecule has 0 heterocycles. The molecule has 1 saturated carbocycles. The smallest absolute Gasteiger partial charge is 0.133 e. The second-order valence-electron chi connectivity index (χ2n) is 4.09. The molecule has 1 atom stereocenters. The highest BCUT2D eigenvalue weighted by Gasteiger charge is 2.22. The highest BCUT2D eigenvalue weighted by molar-refractivity contribution is 9.10. The molecule has 1 nitrogen and oxygen atoms in total. The maximum atomic E-state index is 13.5. The number of Topliss-reactive ketones (excluding diaryl/α,β-unsaturated/α-hetero) is 1. The van der Waals surface area contributed by atoms with Gasteiger partial charge in [-0.3, -0.25) is 4.79 Å². The Kier molecular flexibility index (Phi) is 3.19. The van der Waals surface area contributed by atoms with Crippen molar-refractivity contribution in [2.75, 3.05) is 0 Å². The summed E-state index contributed by atoms with van der Waals surface area (Å²) >= 11 is 3.22. The Labute approximate surface area is 96.8 Å². The van der Waals surface area contributed by atoms with E-state index >= 15 is 0 Å². The van der Waals surface area contributed by atoms with E-state index in [2.05, 4.69) is 15.9 Å². The van der Waals surface area contributed by atoms with Crippen molar-refractivity contribution >= 4 is 21.7 Å². The van der Waals surface area contributed by atoms with E-state index in [9.17, 15) is 9.18 Å². The number of carbonyl (C=O) groups excluding carboxylic acids is 1. The van der Waals surface area contributed by atoms with Crippen LogP contribution >= 0.6 is 15.9 Å². The highest BCUT2D eigenvalue weighted by Crippen LogP contribution is 2.27. The van der Waals surface area contributed by atoms with Gasteiger partial charge in [0, 0.05) is 17.3 Å². The van der Waals surface area contributed by atoms with Crippen molar-refractivity contribution in [3.05, 3.63) is 34.1 Å². The molecule has 0 saturated heterocycles. The van der Waals surface area contributed by atoms with Crippen molar-refractivity contribution in [3.8, 4) is 0 Å². The first-order chi connectivity index (χ1) is 7.15. The van der Waals surface area contributed by atoms with E-state index < -0.39 is 0 Å². The fourth-order valence-electron chi connectivity index (χ4n) is 2.06.